The normalized spacial score (nSPS) is 10.3. The molecule has 5 heteroatoms. The predicted octanol–water partition coefficient (Wildman–Crippen LogP) is 1.86. The lowest BCUT2D eigenvalue weighted by molar-refractivity contribution is -0.120. The van der Waals surface area contributed by atoms with Crippen molar-refractivity contribution in [2.75, 3.05) is 19.6 Å². The van der Waals surface area contributed by atoms with Gasteiger partial charge >= 0.3 is 0 Å². The molecule has 2 N–H and O–H groups in total. The smallest absolute Gasteiger partial charge is 0.233 e. The first-order valence-electron chi connectivity index (χ1n) is 5.54. The highest BCUT2D eigenvalue weighted by molar-refractivity contribution is 9.10. The van der Waals surface area contributed by atoms with Crippen LogP contribution in [-0.4, -0.2) is 25.5 Å². The summed E-state index contributed by atoms with van der Waals surface area (Å²) in [6.07, 6.45) is 0.489. The molecule has 0 heterocycles. The monoisotopic (exact) mass is 302 g/mol. The Bertz CT molecular complexity index is 385. The minimum atomic E-state index is -0.242. The van der Waals surface area contributed by atoms with Crippen LogP contribution in [0.1, 0.15) is 12.5 Å². The molecule has 0 aliphatic heterocycles. The lowest BCUT2D eigenvalue weighted by Gasteiger charge is -2.06. The summed E-state index contributed by atoms with van der Waals surface area (Å²) in [6.45, 7) is 3.44. The number of hydrogen-bond acceptors (Lipinski definition) is 2. The Morgan fingerprint density at radius 2 is 2.24 bits per heavy atom. The summed E-state index contributed by atoms with van der Waals surface area (Å²) < 4.78 is 14.2. The van der Waals surface area contributed by atoms with Gasteiger partial charge in [0.1, 0.15) is 5.82 Å². The van der Waals surface area contributed by atoms with Gasteiger partial charge < -0.3 is 10.6 Å². The molecule has 0 saturated heterocycles. The van der Waals surface area contributed by atoms with E-state index in [1.54, 1.807) is 12.1 Å². The third-order valence-electron chi connectivity index (χ3n) is 2.26. The maximum atomic E-state index is 13.4. The van der Waals surface area contributed by atoms with Crippen molar-refractivity contribution in [1.29, 1.82) is 0 Å². The van der Waals surface area contributed by atoms with Gasteiger partial charge in [-0.05, 0) is 36.7 Å². The second-order valence-corrected chi connectivity index (χ2v) is 4.53. The van der Waals surface area contributed by atoms with Crippen molar-refractivity contribution in [2.24, 2.45) is 0 Å². The van der Waals surface area contributed by atoms with E-state index in [9.17, 15) is 9.18 Å². The van der Waals surface area contributed by atoms with Crippen LogP contribution in [0.15, 0.2) is 22.7 Å². The van der Waals surface area contributed by atoms with Gasteiger partial charge in [-0.15, -0.1) is 0 Å². The molecule has 0 aliphatic carbocycles. The molecular weight excluding hydrogens is 287 g/mol. The van der Waals surface area contributed by atoms with Crippen LogP contribution in [-0.2, 0) is 11.2 Å². The Kier molecular flexibility index (Phi) is 6.15. The highest BCUT2D eigenvalue weighted by Crippen LogP contribution is 2.15. The molecule has 0 atom stereocenters. The molecule has 0 unspecified atom stereocenters. The largest absolute Gasteiger partial charge is 0.355 e. The number of rotatable bonds is 6. The molecule has 0 radical (unpaired) electrons. The fourth-order valence-corrected chi connectivity index (χ4v) is 1.78. The summed E-state index contributed by atoms with van der Waals surface area (Å²) in [7, 11) is 0. The van der Waals surface area contributed by atoms with Crippen LogP contribution < -0.4 is 10.6 Å². The first-order chi connectivity index (χ1) is 8.13. The van der Waals surface area contributed by atoms with E-state index in [1.165, 1.54) is 6.07 Å². The van der Waals surface area contributed by atoms with Gasteiger partial charge in [-0.2, -0.15) is 0 Å². The lowest BCUT2D eigenvalue weighted by atomic mass is 10.1. The van der Waals surface area contributed by atoms with Gasteiger partial charge in [0.05, 0.1) is 6.54 Å². The maximum absolute atomic E-state index is 13.4. The molecule has 17 heavy (non-hydrogen) atoms. The number of halogens is 2. The zero-order chi connectivity index (χ0) is 12.7. The number of amides is 1. The van der Waals surface area contributed by atoms with Gasteiger partial charge in [0.15, 0.2) is 0 Å². The molecule has 0 bridgehead atoms. The van der Waals surface area contributed by atoms with E-state index in [2.05, 4.69) is 26.6 Å². The first kappa shape index (κ1) is 14.1. The second-order valence-electron chi connectivity index (χ2n) is 3.62. The van der Waals surface area contributed by atoms with E-state index in [1.807, 2.05) is 6.92 Å². The van der Waals surface area contributed by atoms with Crippen molar-refractivity contribution in [1.82, 2.24) is 10.6 Å². The van der Waals surface area contributed by atoms with Crippen LogP contribution in [0.5, 0.6) is 0 Å². The summed E-state index contributed by atoms with van der Waals surface area (Å²) in [5, 5.41) is 5.65. The van der Waals surface area contributed by atoms with E-state index in [4.69, 9.17) is 0 Å². The van der Waals surface area contributed by atoms with E-state index in [0.717, 1.165) is 11.0 Å². The van der Waals surface area contributed by atoms with E-state index < -0.39 is 0 Å². The Morgan fingerprint density at radius 1 is 1.47 bits per heavy atom. The first-order valence-corrected chi connectivity index (χ1v) is 6.34. The molecule has 3 nitrogen and oxygen atoms in total. The summed E-state index contributed by atoms with van der Waals surface area (Å²) in [4.78, 5) is 11.3. The quantitative estimate of drug-likeness (QED) is 0.842. The molecule has 94 valence electrons. The van der Waals surface area contributed by atoms with Gasteiger partial charge in [0.25, 0.3) is 0 Å². The molecule has 0 fully saturated rings. The average Bonchev–Trinajstić information content (AvgIpc) is 2.31. The van der Waals surface area contributed by atoms with Crippen LogP contribution in [0, 0.1) is 5.82 Å². The van der Waals surface area contributed by atoms with Crippen molar-refractivity contribution < 1.29 is 9.18 Å². The Balaban J connectivity index is 2.35. The van der Waals surface area contributed by atoms with Crippen LogP contribution in [0.4, 0.5) is 4.39 Å². The average molecular weight is 303 g/mol. The number of carbonyl (C=O) groups is 1. The van der Waals surface area contributed by atoms with Gasteiger partial charge in [-0.25, -0.2) is 4.39 Å². The molecule has 1 rings (SSSR count). The van der Waals surface area contributed by atoms with Crippen LogP contribution in [0.25, 0.3) is 0 Å². The van der Waals surface area contributed by atoms with Crippen molar-refractivity contribution in [3.05, 3.63) is 34.1 Å². The molecule has 0 aliphatic rings. The summed E-state index contributed by atoms with van der Waals surface area (Å²) in [6, 6.07) is 4.80. The van der Waals surface area contributed by atoms with Crippen molar-refractivity contribution in [2.45, 2.75) is 13.3 Å². The second kappa shape index (κ2) is 7.40. The van der Waals surface area contributed by atoms with Gasteiger partial charge in [0, 0.05) is 11.0 Å². The Morgan fingerprint density at radius 3 is 2.94 bits per heavy atom. The van der Waals surface area contributed by atoms with Gasteiger partial charge in [-0.3, -0.25) is 4.79 Å². The molecule has 1 amide bonds. The zero-order valence-corrected chi connectivity index (χ0v) is 11.3. The fraction of sp³-hybridized carbons (Fsp3) is 0.417. The molecule has 1 aromatic rings. The summed E-state index contributed by atoms with van der Waals surface area (Å²) in [5.41, 5.74) is 0.600. The van der Waals surface area contributed by atoms with Crippen molar-refractivity contribution >= 4 is 21.8 Å². The highest BCUT2D eigenvalue weighted by Gasteiger charge is 2.04. The highest BCUT2D eigenvalue weighted by atomic mass is 79.9. The number of benzene rings is 1. The van der Waals surface area contributed by atoms with Gasteiger partial charge in [0.2, 0.25) is 5.91 Å². The third kappa shape index (κ3) is 5.28. The Hall–Kier alpha value is -0.940. The molecule has 1 aromatic carbocycles. The van der Waals surface area contributed by atoms with E-state index in [0.29, 0.717) is 25.1 Å². The minimum absolute atomic E-state index is 0.0674. The van der Waals surface area contributed by atoms with Crippen LogP contribution in [0.3, 0.4) is 0 Å². The van der Waals surface area contributed by atoms with Crippen LogP contribution in [0.2, 0.25) is 0 Å². The summed E-state index contributed by atoms with van der Waals surface area (Å²) >= 11 is 3.29. The van der Waals surface area contributed by atoms with Crippen molar-refractivity contribution in [3.63, 3.8) is 0 Å². The number of hydrogen-bond donors (Lipinski definition) is 2. The summed E-state index contributed by atoms with van der Waals surface area (Å²) in [5.74, 6) is -0.309. The number of likely N-dealkylation sites (N-methyl/N-ethyl adjacent to an activating group) is 1. The molecule has 0 spiro atoms. The van der Waals surface area contributed by atoms with E-state index in [-0.39, 0.29) is 11.7 Å². The minimum Gasteiger partial charge on any atom is -0.355 e. The zero-order valence-electron chi connectivity index (χ0n) is 9.72. The maximum Gasteiger partial charge on any atom is 0.233 e. The van der Waals surface area contributed by atoms with Gasteiger partial charge in [-0.1, -0.05) is 22.9 Å². The molecular formula is C12H16BrFN2O. The number of nitrogens with one attached hydrogen (secondary N) is 2. The predicted molar refractivity (Wildman–Crippen MR) is 69.4 cm³/mol. The topological polar surface area (TPSA) is 41.1 Å². The lowest BCUT2D eigenvalue weighted by Crippen LogP contribution is -2.34. The molecule has 0 saturated carbocycles. The fourth-order valence-electron chi connectivity index (χ4n) is 1.37. The number of carbonyl (C=O) groups excluding carboxylic acids is 1. The van der Waals surface area contributed by atoms with Crippen molar-refractivity contribution in [3.8, 4) is 0 Å². The van der Waals surface area contributed by atoms with Crippen LogP contribution >= 0.6 is 15.9 Å². The third-order valence-corrected chi connectivity index (χ3v) is 2.75. The SMILES string of the molecule is CCNCC(=O)NCCc1cc(Br)ccc1F. The Labute approximate surface area is 109 Å². The van der Waals surface area contributed by atoms with E-state index >= 15 is 0 Å². The standard InChI is InChI=1S/C12H16BrFN2O/c1-2-15-8-12(17)16-6-5-9-7-10(13)3-4-11(9)14/h3-4,7,15H,2,5-6,8H2,1H3,(H,16,17). The molecule has 0 aromatic heterocycles.